The average molecular weight is 386 g/mol. The van der Waals surface area contributed by atoms with E-state index in [4.69, 9.17) is 0 Å². The van der Waals surface area contributed by atoms with Gasteiger partial charge in [0.15, 0.2) is 0 Å². The molecule has 1 unspecified atom stereocenters. The van der Waals surface area contributed by atoms with Gasteiger partial charge in [0.1, 0.15) is 6.04 Å². The van der Waals surface area contributed by atoms with Crippen LogP contribution in [-0.4, -0.2) is 72.9 Å². The average Bonchev–Trinajstić information content (AvgIpc) is 3.26. The molecule has 3 rings (SSSR count). The second kappa shape index (κ2) is 8.16. The first-order chi connectivity index (χ1) is 12.0. The van der Waals surface area contributed by atoms with E-state index in [1.54, 1.807) is 11.3 Å². The lowest BCUT2D eigenvalue weighted by molar-refractivity contribution is -0.136. The van der Waals surface area contributed by atoms with Crippen LogP contribution in [0.2, 0.25) is 0 Å². The summed E-state index contributed by atoms with van der Waals surface area (Å²) in [7, 11) is -3.31. The molecule has 2 aliphatic heterocycles. The number of piperazine rings is 1. The van der Waals surface area contributed by atoms with Gasteiger partial charge in [0, 0.05) is 44.1 Å². The monoisotopic (exact) mass is 385 g/mol. The maximum absolute atomic E-state index is 12.9. The lowest BCUT2D eigenvalue weighted by Crippen LogP contribution is -2.54. The Balaban J connectivity index is 1.56. The fourth-order valence-electron chi connectivity index (χ4n) is 3.66. The number of amides is 1. The Labute approximate surface area is 154 Å². The number of thiophene rings is 1. The quantitative estimate of drug-likeness (QED) is 0.746. The number of hydrogen-bond donors (Lipinski definition) is 0. The minimum absolute atomic E-state index is 0.00653. The predicted octanol–water partition coefficient (Wildman–Crippen LogP) is 1.60. The fourth-order valence-corrected chi connectivity index (χ4v) is 6.14. The third-order valence-electron chi connectivity index (χ3n) is 4.95. The normalized spacial score (nSPS) is 23.2. The minimum atomic E-state index is -3.31. The molecule has 0 saturated carbocycles. The molecule has 6 nitrogen and oxygen atoms in total. The van der Waals surface area contributed by atoms with Crippen molar-refractivity contribution in [1.82, 2.24) is 14.1 Å². The van der Waals surface area contributed by atoms with Crippen LogP contribution >= 0.6 is 11.3 Å². The molecule has 0 N–H and O–H groups in total. The second-order valence-electron chi connectivity index (χ2n) is 6.77. The largest absolute Gasteiger partial charge is 0.339 e. The van der Waals surface area contributed by atoms with Crippen LogP contribution in [0.3, 0.4) is 0 Å². The molecule has 1 aromatic heterocycles. The molecular weight excluding hydrogens is 358 g/mol. The van der Waals surface area contributed by atoms with Crippen LogP contribution in [0, 0.1) is 0 Å². The number of hydrogen-bond acceptors (Lipinski definition) is 5. The van der Waals surface area contributed by atoms with E-state index in [0.717, 1.165) is 26.1 Å². The Morgan fingerprint density at radius 2 is 2.00 bits per heavy atom. The molecule has 2 aliphatic rings. The molecule has 0 bridgehead atoms. The Morgan fingerprint density at radius 1 is 1.24 bits per heavy atom. The van der Waals surface area contributed by atoms with Gasteiger partial charge in [0.05, 0.1) is 5.75 Å². The second-order valence-corrected chi connectivity index (χ2v) is 9.84. The van der Waals surface area contributed by atoms with Crippen molar-refractivity contribution in [3.05, 3.63) is 22.4 Å². The Morgan fingerprint density at radius 3 is 2.64 bits per heavy atom. The molecule has 1 aromatic rings. The highest BCUT2D eigenvalue weighted by Crippen LogP contribution is 2.24. The Hall–Kier alpha value is -0.960. The van der Waals surface area contributed by atoms with Gasteiger partial charge in [0.2, 0.25) is 15.9 Å². The van der Waals surface area contributed by atoms with E-state index < -0.39 is 16.1 Å². The lowest BCUT2D eigenvalue weighted by atomic mass is 10.2. The third-order valence-corrected chi connectivity index (χ3v) is 7.89. The summed E-state index contributed by atoms with van der Waals surface area (Å²) >= 11 is 1.76. The molecule has 1 amide bonds. The van der Waals surface area contributed by atoms with Crippen molar-refractivity contribution in [2.24, 2.45) is 0 Å². The SMILES string of the molecule is CCCS(=O)(=O)N1CCCC1C(=O)N1CCN(Cc2cccs2)CC1. The van der Waals surface area contributed by atoms with Gasteiger partial charge in [-0.3, -0.25) is 9.69 Å². The van der Waals surface area contributed by atoms with Crippen LogP contribution in [0.5, 0.6) is 0 Å². The summed E-state index contributed by atoms with van der Waals surface area (Å²) in [4.78, 5) is 18.4. The van der Waals surface area contributed by atoms with Crippen LogP contribution in [0.25, 0.3) is 0 Å². The number of carbonyl (C=O) groups is 1. The van der Waals surface area contributed by atoms with E-state index in [9.17, 15) is 13.2 Å². The standard InChI is InChI=1S/C17H27N3O3S2/c1-2-13-25(22,23)20-7-3-6-16(20)17(21)19-10-8-18(9-11-19)14-15-5-4-12-24-15/h4-5,12,16H,2-3,6-11,13-14H2,1H3. The van der Waals surface area contributed by atoms with Crippen molar-refractivity contribution in [3.63, 3.8) is 0 Å². The van der Waals surface area contributed by atoms with E-state index in [-0.39, 0.29) is 11.7 Å². The van der Waals surface area contributed by atoms with Gasteiger partial charge in [-0.2, -0.15) is 4.31 Å². The summed E-state index contributed by atoms with van der Waals surface area (Å²) in [6.07, 6.45) is 2.01. The van der Waals surface area contributed by atoms with E-state index in [1.807, 2.05) is 11.8 Å². The molecular formula is C17H27N3O3S2. The first-order valence-electron chi connectivity index (χ1n) is 9.04. The maximum atomic E-state index is 12.9. The first-order valence-corrected chi connectivity index (χ1v) is 11.5. The van der Waals surface area contributed by atoms with Crippen LogP contribution in [0.4, 0.5) is 0 Å². The van der Waals surface area contributed by atoms with Crippen molar-refractivity contribution < 1.29 is 13.2 Å². The third kappa shape index (κ3) is 4.42. The zero-order valence-electron chi connectivity index (χ0n) is 14.8. The number of rotatable bonds is 6. The molecule has 2 fully saturated rings. The zero-order valence-corrected chi connectivity index (χ0v) is 16.4. The molecule has 0 aromatic carbocycles. The summed E-state index contributed by atoms with van der Waals surface area (Å²) < 4.78 is 26.3. The van der Waals surface area contributed by atoms with E-state index in [2.05, 4.69) is 22.4 Å². The number of nitrogens with zero attached hydrogens (tertiary/aromatic N) is 3. The van der Waals surface area contributed by atoms with Crippen molar-refractivity contribution in [2.45, 2.75) is 38.8 Å². The Bertz CT molecular complexity index is 667. The zero-order chi connectivity index (χ0) is 17.9. The lowest BCUT2D eigenvalue weighted by Gasteiger charge is -2.37. The molecule has 8 heteroatoms. The van der Waals surface area contributed by atoms with E-state index >= 15 is 0 Å². The molecule has 140 valence electrons. The highest BCUT2D eigenvalue weighted by atomic mass is 32.2. The van der Waals surface area contributed by atoms with Crippen molar-refractivity contribution in [2.75, 3.05) is 38.5 Å². The molecule has 25 heavy (non-hydrogen) atoms. The molecule has 1 atom stereocenters. The highest BCUT2D eigenvalue weighted by Gasteiger charge is 2.40. The van der Waals surface area contributed by atoms with Gasteiger partial charge in [-0.15, -0.1) is 11.3 Å². The van der Waals surface area contributed by atoms with Crippen LogP contribution < -0.4 is 0 Å². The first kappa shape index (κ1) is 18.8. The van der Waals surface area contributed by atoms with Gasteiger partial charge >= 0.3 is 0 Å². The predicted molar refractivity (Wildman–Crippen MR) is 100.0 cm³/mol. The number of carbonyl (C=O) groups excluding carboxylic acids is 1. The summed E-state index contributed by atoms with van der Waals surface area (Å²) in [5, 5.41) is 2.08. The molecule has 2 saturated heterocycles. The topological polar surface area (TPSA) is 60.9 Å². The van der Waals surface area contributed by atoms with E-state index in [0.29, 0.717) is 32.5 Å². The smallest absolute Gasteiger partial charge is 0.241 e. The van der Waals surface area contributed by atoms with Crippen molar-refractivity contribution in [1.29, 1.82) is 0 Å². The summed E-state index contributed by atoms with van der Waals surface area (Å²) in [6.45, 7) is 6.33. The maximum Gasteiger partial charge on any atom is 0.241 e. The van der Waals surface area contributed by atoms with Crippen molar-refractivity contribution >= 4 is 27.3 Å². The van der Waals surface area contributed by atoms with Gasteiger partial charge in [-0.1, -0.05) is 13.0 Å². The summed E-state index contributed by atoms with van der Waals surface area (Å²) in [5.41, 5.74) is 0. The highest BCUT2D eigenvalue weighted by molar-refractivity contribution is 7.89. The van der Waals surface area contributed by atoms with Crippen LogP contribution in [0.1, 0.15) is 31.1 Å². The van der Waals surface area contributed by atoms with Gasteiger partial charge < -0.3 is 4.90 Å². The van der Waals surface area contributed by atoms with Gasteiger partial charge in [0.25, 0.3) is 0 Å². The summed E-state index contributed by atoms with van der Waals surface area (Å²) in [5.74, 6) is 0.124. The fraction of sp³-hybridized carbons (Fsp3) is 0.706. The van der Waals surface area contributed by atoms with E-state index in [1.165, 1.54) is 9.18 Å². The molecule has 3 heterocycles. The van der Waals surface area contributed by atoms with Crippen molar-refractivity contribution in [3.8, 4) is 0 Å². The van der Waals surface area contributed by atoms with Crippen LogP contribution in [0.15, 0.2) is 17.5 Å². The minimum Gasteiger partial charge on any atom is -0.339 e. The van der Waals surface area contributed by atoms with Gasteiger partial charge in [-0.05, 0) is 30.7 Å². The van der Waals surface area contributed by atoms with Gasteiger partial charge in [-0.25, -0.2) is 8.42 Å². The molecule has 0 aliphatic carbocycles. The molecule has 0 spiro atoms. The Kier molecular flexibility index (Phi) is 6.14. The number of sulfonamides is 1. The summed E-state index contributed by atoms with van der Waals surface area (Å²) in [6, 6.07) is 3.71. The molecule has 0 radical (unpaired) electrons. The van der Waals surface area contributed by atoms with Crippen LogP contribution in [-0.2, 0) is 21.4 Å².